The Balaban J connectivity index is 3.04. The molecule has 4 N–H and O–H groups in total. The van der Waals surface area contributed by atoms with Gasteiger partial charge in [0.1, 0.15) is 5.82 Å². The highest BCUT2D eigenvalue weighted by Crippen LogP contribution is 2.20. The highest BCUT2D eigenvalue weighted by atomic mass is 79.9. The number of anilines is 2. The van der Waals surface area contributed by atoms with Crippen molar-refractivity contribution in [1.29, 1.82) is 0 Å². The minimum Gasteiger partial charge on any atom is -0.397 e. The van der Waals surface area contributed by atoms with Gasteiger partial charge in [-0.2, -0.15) is 0 Å². The van der Waals surface area contributed by atoms with Crippen molar-refractivity contribution < 1.29 is 4.39 Å². The highest BCUT2D eigenvalue weighted by Gasteiger charge is 2.02. The second-order valence-corrected chi connectivity index (χ2v) is 3.49. The standard InChI is InChI=1S/C10H10BrFN2/c11-4-2-1-3-7-5-8(12)6-9(13)10(7)14/h5-6H,2,4,13-14H2. The fourth-order valence-corrected chi connectivity index (χ4v) is 1.15. The fraction of sp³-hybridized carbons (Fsp3) is 0.200. The Hall–Kier alpha value is -1.21. The Kier molecular flexibility index (Phi) is 3.78. The molecule has 0 bridgehead atoms. The third-order valence-electron chi connectivity index (χ3n) is 1.62. The molecule has 0 radical (unpaired) electrons. The van der Waals surface area contributed by atoms with Gasteiger partial charge in [0.15, 0.2) is 0 Å². The number of halogens is 2. The van der Waals surface area contributed by atoms with Gasteiger partial charge in [-0.25, -0.2) is 4.39 Å². The molecule has 4 heteroatoms. The zero-order valence-electron chi connectivity index (χ0n) is 7.48. The number of nitrogen functional groups attached to an aromatic ring is 2. The van der Waals surface area contributed by atoms with Gasteiger partial charge < -0.3 is 11.5 Å². The van der Waals surface area contributed by atoms with Crippen molar-refractivity contribution in [2.45, 2.75) is 6.42 Å². The van der Waals surface area contributed by atoms with Crippen LogP contribution in [0.2, 0.25) is 0 Å². The van der Waals surface area contributed by atoms with Crippen molar-refractivity contribution in [1.82, 2.24) is 0 Å². The molecule has 0 aromatic heterocycles. The third-order valence-corrected chi connectivity index (χ3v) is 2.02. The van der Waals surface area contributed by atoms with E-state index < -0.39 is 5.82 Å². The molecule has 0 aliphatic rings. The maximum atomic E-state index is 12.9. The van der Waals surface area contributed by atoms with Crippen molar-refractivity contribution in [3.63, 3.8) is 0 Å². The van der Waals surface area contributed by atoms with E-state index >= 15 is 0 Å². The smallest absolute Gasteiger partial charge is 0.126 e. The van der Waals surface area contributed by atoms with Crippen molar-refractivity contribution in [3.05, 3.63) is 23.5 Å². The van der Waals surface area contributed by atoms with Crippen molar-refractivity contribution in [2.24, 2.45) is 0 Å². The average molecular weight is 257 g/mol. The summed E-state index contributed by atoms with van der Waals surface area (Å²) in [6.45, 7) is 0. The van der Waals surface area contributed by atoms with Crippen LogP contribution >= 0.6 is 15.9 Å². The van der Waals surface area contributed by atoms with Gasteiger partial charge in [-0.1, -0.05) is 27.8 Å². The molecule has 1 rings (SSSR count). The van der Waals surface area contributed by atoms with Gasteiger partial charge in [0, 0.05) is 11.8 Å². The zero-order valence-corrected chi connectivity index (χ0v) is 9.07. The van der Waals surface area contributed by atoms with Gasteiger partial charge in [-0.3, -0.25) is 0 Å². The van der Waals surface area contributed by atoms with E-state index in [9.17, 15) is 4.39 Å². The molecule has 0 heterocycles. The summed E-state index contributed by atoms with van der Waals surface area (Å²) >= 11 is 3.24. The molecule has 0 saturated heterocycles. The van der Waals surface area contributed by atoms with E-state index in [-0.39, 0.29) is 5.69 Å². The van der Waals surface area contributed by atoms with Gasteiger partial charge in [0.05, 0.1) is 16.9 Å². The molecule has 2 nitrogen and oxygen atoms in total. The molecular formula is C10H10BrFN2. The predicted octanol–water partition coefficient (Wildman–Crippen LogP) is 2.13. The van der Waals surface area contributed by atoms with Crippen LogP contribution < -0.4 is 11.5 Å². The van der Waals surface area contributed by atoms with E-state index in [1.54, 1.807) is 0 Å². The third kappa shape index (κ3) is 2.64. The van der Waals surface area contributed by atoms with E-state index in [4.69, 9.17) is 11.5 Å². The molecular weight excluding hydrogens is 247 g/mol. The molecule has 0 aliphatic heterocycles. The van der Waals surface area contributed by atoms with Gasteiger partial charge in [0.25, 0.3) is 0 Å². The van der Waals surface area contributed by atoms with Gasteiger partial charge in [-0.05, 0) is 12.1 Å². The van der Waals surface area contributed by atoms with Gasteiger partial charge >= 0.3 is 0 Å². The van der Waals surface area contributed by atoms with Crippen LogP contribution in [-0.4, -0.2) is 5.33 Å². The summed E-state index contributed by atoms with van der Waals surface area (Å²) in [4.78, 5) is 0. The van der Waals surface area contributed by atoms with E-state index in [0.717, 1.165) is 5.33 Å². The Labute approximate surface area is 90.6 Å². The Bertz CT molecular complexity index is 393. The molecule has 0 spiro atoms. The number of rotatable bonds is 1. The van der Waals surface area contributed by atoms with Crippen LogP contribution in [0.1, 0.15) is 12.0 Å². The Morgan fingerprint density at radius 3 is 2.71 bits per heavy atom. The maximum absolute atomic E-state index is 12.9. The summed E-state index contributed by atoms with van der Waals surface area (Å²) < 4.78 is 12.9. The second-order valence-electron chi connectivity index (χ2n) is 2.70. The average Bonchev–Trinajstić information content (AvgIpc) is 2.13. The van der Waals surface area contributed by atoms with Gasteiger partial charge in [-0.15, -0.1) is 0 Å². The molecule has 1 aromatic rings. The highest BCUT2D eigenvalue weighted by molar-refractivity contribution is 9.09. The molecule has 74 valence electrons. The van der Waals surface area contributed by atoms with E-state index in [1.165, 1.54) is 12.1 Å². The van der Waals surface area contributed by atoms with Crippen LogP contribution in [0.15, 0.2) is 12.1 Å². The first-order chi connectivity index (χ1) is 6.65. The summed E-state index contributed by atoms with van der Waals surface area (Å²) in [5.41, 5.74) is 12.1. The maximum Gasteiger partial charge on any atom is 0.126 e. The lowest BCUT2D eigenvalue weighted by Crippen LogP contribution is -1.98. The zero-order chi connectivity index (χ0) is 10.6. The minimum absolute atomic E-state index is 0.230. The molecule has 0 unspecified atom stereocenters. The van der Waals surface area contributed by atoms with Crippen molar-refractivity contribution in [3.8, 4) is 11.8 Å². The molecule has 1 aromatic carbocycles. The van der Waals surface area contributed by atoms with Crippen LogP contribution in [0.5, 0.6) is 0 Å². The monoisotopic (exact) mass is 256 g/mol. The number of hydrogen-bond donors (Lipinski definition) is 2. The SMILES string of the molecule is Nc1cc(F)cc(C#CCCBr)c1N. The predicted molar refractivity (Wildman–Crippen MR) is 60.5 cm³/mol. The van der Waals surface area contributed by atoms with E-state index in [2.05, 4.69) is 27.8 Å². The normalized spacial score (nSPS) is 9.29. The lowest BCUT2D eigenvalue weighted by atomic mass is 10.1. The number of nitrogens with two attached hydrogens (primary N) is 2. The molecule has 0 atom stereocenters. The molecule has 0 fully saturated rings. The van der Waals surface area contributed by atoms with E-state index in [0.29, 0.717) is 17.7 Å². The van der Waals surface area contributed by atoms with E-state index in [1.807, 2.05) is 0 Å². The summed E-state index contributed by atoms with van der Waals surface area (Å²) in [7, 11) is 0. The quantitative estimate of drug-likeness (QED) is 0.460. The Morgan fingerprint density at radius 1 is 1.36 bits per heavy atom. The van der Waals surface area contributed by atoms with Crippen LogP contribution in [0.3, 0.4) is 0 Å². The van der Waals surface area contributed by atoms with Crippen LogP contribution in [-0.2, 0) is 0 Å². The lowest BCUT2D eigenvalue weighted by Gasteiger charge is -2.02. The van der Waals surface area contributed by atoms with Crippen molar-refractivity contribution in [2.75, 3.05) is 16.8 Å². The summed E-state index contributed by atoms with van der Waals surface area (Å²) in [6.07, 6.45) is 0.690. The first kappa shape index (κ1) is 10.9. The van der Waals surface area contributed by atoms with Crippen LogP contribution in [0, 0.1) is 17.7 Å². The largest absolute Gasteiger partial charge is 0.397 e. The molecule has 14 heavy (non-hydrogen) atoms. The first-order valence-corrected chi connectivity index (χ1v) is 5.16. The summed E-state index contributed by atoms with van der Waals surface area (Å²) in [5.74, 6) is 5.20. The van der Waals surface area contributed by atoms with Gasteiger partial charge in [0.2, 0.25) is 0 Å². The topological polar surface area (TPSA) is 52.0 Å². The molecule has 0 saturated carbocycles. The lowest BCUT2D eigenvalue weighted by molar-refractivity contribution is 0.628. The summed E-state index contributed by atoms with van der Waals surface area (Å²) in [6, 6.07) is 2.47. The summed E-state index contributed by atoms with van der Waals surface area (Å²) in [5, 5.41) is 0.782. The Morgan fingerprint density at radius 2 is 2.07 bits per heavy atom. The number of hydrogen-bond acceptors (Lipinski definition) is 2. The van der Waals surface area contributed by atoms with Crippen molar-refractivity contribution >= 4 is 27.3 Å². The minimum atomic E-state index is -0.417. The second kappa shape index (κ2) is 4.87. The first-order valence-electron chi connectivity index (χ1n) is 4.04. The number of alkyl halides is 1. The molecule has 0 aliphatic carbocycles. The fourth-order valence-electron chi connectivity index (χ4n) is 0.948. The van der Waals surface area contributed by atoms with Crippen LogP contribution in [0.4, 0.5) is 15.8 Å². The number of benzene rings is 1. The van der Waals surface area contributed by atoms with Crippen LogP contribution in [0.25, 0.3) is 0 Å². The molecule has 0 amide bonds.